The Hall–Kier alpha value is -1.32. The molecule has 0 aromatic carbocycles. The van der Waals surface area contributed by atoms with Crippen LogP contribution in [0.15, 0.2) is 6.07 Å². The van der Waals surface area contributed by atoms with Crippen molar-refractivity contribution in [3.8, 4) is 5.88 Å². The Morgan fingerprint density at radius 3 is 2.84 bits per heavy atom. The van der Waals surface area contributed by atoms with Gasteiger partial charge in [-0.25, -0.2) is 4.98 Å². The zero-order valence-electron chi connectivity index (χ0n) is 12.3. The number of hydrogen-bond donors (Lipinski definition) is 1. The highest BCUT2D eigenvalue weighted by Crippen LogP contribution is 2.27. The molecule has 2 atom stereocenters. The molecule has 106 valence electrons. The van der Waals surface area contributed by atoms with Crippen LogP contribution in [0.4, 0.5) is 5.82 Å². The normalized spacial score (nSPS) is 23.1. The van der Waals surface area contributed by atoms with Gasteiger partial charge in [0.05, 0.1) is 6.61 Å². The van der Waals surface area contributed by atoms with Gasteiger partial charge in [0.1, 0.15) is 11.6 Å². The summed E-state index contributed by atoms with van der Waals surface area (Å²) in [7, 11) is 0. The number of nitrogens with one attached hydrogen (secondary N) is 1. The average molecular weight is 263 g/mol. The minimum atomic E-state index is 0.530. The molecule has 1 aliphatic rings. The van der Waals surface area contributed by atoms with Crippen LogP contribution in [0.3, 0.4) is 0 Å². The van der Waals surface area contributed by atoms with Crippen LogP contribution >= 0.6 is 0 Å². The predicted molar refractivity (Wildman–Crippen MR) is 77.6 cm³/mol. The maximum absolute atomic E-state index is 5.60. The first-order valence-corrected chi connectivity index (χ1v) is 7.44. The number of ether oxygens (including phenoxy) is 1. The number of rotatable bonds is 5. The third-order valence-corrected chi connectivity index (χ3v) is 3.71. The lowest BCUT2D eigenvalue weighted by Gasteiger charge is -2.30. The summed E-state index contributed by atoms with van der Waals surface area (Å²) in [6, 6.07) is 2.45. The molecule has 2 unspecified atom stereocenters. The molecule has 1 aromatic rings. The van der Waals surface area contributed by atoms with Gasteiger partial charge in [-0.15, -0.1) is 0 Å². The maximum atomic E-state index is 5.60. The quantitative estimate of drug-likeness (QED) is 0.882. The molecule has 1 aliphatic carbocycles. The summed E-state index contributed by atoms with van der Waals surface area (Å²) >= 11 is 0. The number of aromatic nitrogens is 2. The second kappa shape index (κ2) is 6.73. The lowest BCUT2D eigenvalue weighted by atomic mass is 9.86. The van der Waals surface area contributed by atoms with E-state index in [0.29, 0.717) is 24.4 Å². The first-order valence-electron chi connectivity index (χ1n) is 7.44. The Morgan fingerprint density at radius 1 is 1.32 bits per heavy atom. The van der Waals surface area contributed by atoms with Crippen molar-refractivity contribution < 1.29 is 4.74 Å². The van der Waals surface area contributed by atoms with Crippen LogP contribution in [0.1, 0.15) is 51.8 Å². The van der Waals surface area contributed by atoms with Crippen molar-refractivity contribution >= 4 is 5.82 Å². The van der Waals surface area contributed by atoms with Crippen molar-refractivity contribution in [3.05, 3.63) is 11.9 Å². The topological polar surface area (TPSA) is 47.0 Å². The molecule has 1 saturated carbocycles. The van der Waals surface area contributed by atoms with E-state index in [-0.39, 0.29) is 0 Å². The zero-order chi connectivity index (χ0) is 13.7. The van der Waals surface area contributed by atoms with E-state index in [9.17, 15) is 0 Å². The first-order chi connectivity index (χ1) is 9.19. The summed E-state index contributed by atoms with van der Waals surface area (Å²) in [5.41, 5.74) is 0. The number of nitrogens with zero attached hydrogens (tertiary/aromatic N) is 2. The summed E-state index contributed by atoms with van der Waals surface area (Å²) in [6.07, 6.45) is 6.19. The van der Waals surface area contributed by atoms with Crippen molar-refractivity contribution in [3.63, 3.8) is 0 Å². The third kappa shape index (κ3) is 4.08. The van der Waals surface area contributed by atoms with Gasteiger partial charge < -0.3 is 10.1 Å². The fourth-order valence-corrected chi connectivity index (χ4v) is 2.62. The van der Waals surface area contributed by atoms with Crippen LogP contribution in [0.2, 0.25) is 0 Å². The minimum Gasteiger partial charge on any atom is -0.478 e. The third-order valence-electron chi connectivity index (χ3n) is 3.71. The number of anilines is 1. The fraction of sp³-hybridized carbons (Fsp3) is 0.733. The van der Waals surface area contributed by atoms with Gasteiger partial charge in [0, 0.05) is 12.1 Å². The molecular weight excluding hydrogens is 238 g/mol. The van der Waals surface area contributed by atoms with Gasteiger partial charge in [-0.3, -0.25) is 0 Å². The van der Waals surface area contributed by atoms with E-state index in [4.69, 9.17) is 4.74 Å². The predicted octanol–water partition coefficient (Wildman–Crippen LogP) is 3.56. The molecule has 0 amide bonds. The van der Waals surface area contributed by atoms with Crippen molar-refractivity contribution in [2.45, 2.75) is 58.9 Å². The lowest BCUT2D eigenvalue weighted by Crippen LogP contribution is -2.30. The van der Waals surface area contributed by atoms with E-state index in [1.54, 1.807) is 0 Å². The summed E-state index contributed by atoms with van der Waals surface area (Å²) in [5, 5.41) is 3.56. The number of aryl methyl sites for hydroxylation is 1. The molecular formula is C15H25N3O. The van der Waals surface area contributed by atoms with Gasteiger partial charge >= 0.3 is 0 Å². The minimum absolute atomic E-state index is 0.530. The van der Waals surface area contributed by atoms with Crippen molar-refractivity contribution in [1.29, 1.82) is 0 Å². The zero-order valence-corrected chi connectivity index (χ0v) is 12.3. The van der Waals surface area contributed by atoms with Crippen LogP contribution < -0.4 is 10.1 Å². The first kappa shape index (κ1) is 14.1. The van der Waals surface area contributed by atoms with Gasteiger partial charge in [0.25, 0.3) is 0 Å². The molecule has 0 spiro atoms. The van der Waals surface area contributed by atoms with Gasteiger partial charge in [-0.1, -0.05) is 26.7 Å². The molecule has 1 N–H and O–H groups in total. The molecule has 4 heteroatoms. The van der Waals surface area contributed by atoms with Crippen molar-refractivity contribution in [2.24, 2.45) is 5.92 Å². The molecule has 1 aromatic heterocycles. The van der Waals surface area contributed by atoms with E-state index in [2.05, 4.69) is 29.1 Å². The highest BCUT2D eigenvalue weighted by molar-refractivity contribution is 5.39. The molecule has 4 nitrogen and oxygen atoms in total. The molecule has 0 saturated heterocycles. The highest BCUT2D eigenvalue weighted by Gasteiger charge is 2.21. The second-order valence-electron chi connectivity index (χ2n) is 5.50. The molecule has 0 aliphatic heterocycles. The second-order valence-corrected chi connectivity index (χ2v) is 5.50. The Kier molecular flexibility index (Phi) is 5.00. The van der Waals surface area contributed by atoms with E-state index in [0.717, 1.165) is 18.1 Å². The average Bonchev–Trinajstić information content (AvgIpc) is 2.38. The van der Waals surface area contributed by atoms with Crippen LogP contribution in [0.5, 0.6) is 5.88 Å². The highest BCUT2D eigenvalue weighted by atomic mass is 16.5. The summed E-state index contributed by atoms with van der Waals surface area (Å²) in [4.78, 5) is 8.78. The van der Waals surface area contributed by atoms with Gasteiger partial charge in [-0.05, 0) is 32.1 Å². The van der Waals surface area contributed by atoms with Gasteiger partial charge in [0.2, 0.25) is 5.88 Å². The monoisotopic (exact) mass is 263 g/mol. The Bertz CT molecular complexity index is 408. The van der Waals surface area contributed by atoms with Crippen molar-refractivity contribution in [1.82, 2.24) is 9.97 Å². The van der Waals surface area contributed by atoms with E-state index < -0.39 is 0 Å². The standard InChI is InChI=1S/C15H25N3O/c1-4-9-19-15-10-14(16-12(3)17-15)18-13-8-6-5-7-11(13)2/h10-11,13H,4-9H2,1-3H3,(H,16,17,18). The molecule has 1 heterocycles. The van der Waals surface area contributed by atoms with Crippen LogP contribution in [-0.4, -0.2) is 22.6 Å². The van der Waals surface area contributed by atoms with Crippen LogP contribution in [0, 0.1) is 12.8 Å². The Labute approximate surface area is 116 Å². The van der Waals surface area contributed by atoms with Crippen molar-refractivity contribution in [2.75, 3.05) is 11.9 Å². The molecule has 1 fully saturated rings. The summed E-state index contributed by atoms with van der Waals surface area (Å²) in [6.45, 7) is 7.03. The van der Waals surface area contributed by atoms with E-state index in [1.807, 2.05) is 13.0 Å². The summed E-state index contributed by atoms with van der Waals surface area (Å²) in [5.74, 6) is 3.06. The van der Waals surface area contributed by atoms with Gasteiger partial charge in [-0.2, -0.15) is 4.98 Å². The maximum Gasteiger partial charge on any atom is 0.218 e. The van der Waals surface area contributed by atoms with E-state index >= 15 is 0 Å². The summed E-state index contributed by atoms with van der Waals surface area (Å²) < 4.78 is 5.60. The Morgan fingerprint density at radius 2 is 2.11 bits per heavy atom. The number of hydrogen-bond acceptors (Lipinski definition) is 4. The molecule has 0 radical (unpaired) electrons. The van der Waals surface area contributed by atoms with E-state index in [1.165, 1.54) is 25.7 Å². The molecule has 0 bridgehead atoms. The fourth-order valence-electron chi connectivity index (χ4n) is 2.62. The van der Waals surface area contributed by atoms with Gasteiger partial charge in [0.15, 0.2) is 0 Å². The Balaban J connectivity index is 2.04. The SMILES string of the molecule is CCCOc1cc(NC2CCCCC2C)nc(C)n1. The van der Waals surface area contributed by atoms with Crippen LogP contribution in [-0.2, 0) is 0 Å². The molecule has 19 heavy (non-hydrogen) atoms. The largest absolute Gasteiger partial charge is 0.478 e. The molecule has 2 rings (SSSR count). The lowest BCUT2D eigenvalue weighted by molar-refractivity contribution is 0.304. The smallest absolute Gasteiger partial charge is 0.218 e. The van der Waals surface area contributed by atoms with Crippen LogP contribution in [0.25, 0.3) is 0 Å².